The first-order chi connectivity index (χ1) is 33.8. The van der Waals surface area contributed by atoms with Gasteiger partial charge < -0.3 is 0 Å². The van der Waals surface area contributed by atoms with E-state index in [1.807, 2.05) is 121 Å². The maximum absolute atomic E-state index is 7.38. The van der Waals surface area contributed by atoms with Gasteiger partial charge in [0.1, 0.15) is 0 Å². The molecule has 2 aliphatic rings. The van der Waals surface area contributed by atoms with Crippen LogP contribution in [-0.2, 0) is 79.8 Å². The second-order valence-corrected chi connectivity index (χ2v) is 23.4. The Kier molecular flexibility index (Phi) is 19.1. The zero-order chi connectivity index (χ0) is 47.7. The molecule has 0 aromatic heterocycles. The average Bonchev–Trinajstić information content (AvgIpc) is 3.39. The third-order valence-electron chi connectivity index (χ3n) is 12.0. The smallest absolute Gasteiger partial charge is 0.0622 e. The molecular weight excluding hydrogens is 952 g/mol. The van der Waals surface area contributed by atoms with Crippen LogP contribution in [0, 0.1) is 0 Å². The molecule has 0 radical (unpaired) electrons. The van der Waals surface area contributed by atoms with Crippen LogP contribution in [0.3, 0.4) is 0 Å². The van der Waals surface area contributed by atoms with Crippen molar-refractivity contribution in [2.24, 2.45) is 0 Å². The van der Waals surface area contributed by atoms with Gasteiger partial charge in [-0.2, -0.15) is 0 Å². The molecule has 2 fully saturated rings. The first kappa shape index (κ1) is 50.8. The summed E-state index contributed by atoms with van der Waals surface area (Å²) in [6, 6.07) is 61.1. The summed E-state index contributed by atoms with van der Waals surface area (Å²) >= 11 is -0.211. The number of methoxy groups -OCH3 is 1. The van der Waals surface area contributed by atoms with Crippen LogP contribution in [0.2, 0.25) is 13.1 Å². The Balaban J connectivity index is 1.06. The van der Waals surface area contributed by atoms with Crippen molar-refractivity contribution in [3.8, 4) is 0 Å². The van der Waals surface area contributed by atoms with Gasteiger partial charge in [-0.1, -0.05) is 60.7 Å². The van der Waals surface area contributed by atoms with Gasteiger partial charge in [-0.3, -0.25) is 0 Å². The van der Waals surface area contributed by atoms with Crippen LogP contribution >= 0.6 is 0 Å². The molecule has 0 aliphatic carbocycles. The van der Waals surface area contributed by atoms with Gasteiger partial charge in [-0.25, -0.2) is 0 Å². The van der Waals surface area contributed by atoms with Gasteiger partial charge in [0.25, 0.3) is 0 Å². The Morgan fingerprint density at radius 1 is 0.493 bits per heavy atom. The van der Waals surface area contributed by atoms with E-state index in [-0.39, 0.29) is 28.2 Å². The molecule has 6 aromatic rings. The van der Waals surface area contributed by atoms with E-state index < -0.39 is 62.6 Å². The average molecular weight is 1020 g/mol. The molecule has 362 valence electrons. The van der Waals surface area contributed by atoms with E-state index in [9.17, 15) is 0 Å². The van der Waals surface area contributed by atoms with Gasteiger partial charge >= 0.3 is 351 Å². The van der Waals surface area contributed by atoms with Crippen LogP contribution in [0.15, 0.2) is 194 Å². The molecule has 0 bridgehead atoms. The molecule has 0 amide bonds. The minimum absolute atomic E-state index is 0.149. The van der Waals surface area contributed by atoms with Gasteiger partial charge in [0.2, 0.25) is 0 Å². The van der Waals surface area contributed by atoms with Crippen molar-refractivity contribution >= 4 is 28.0 Å². The molecule has 12 heteroatoms. The van der Waals surface area contributed by atoms with Crippen molar-refractivity contribution < 1.29 is 46.7 Å². The molecule has 0 unspecified atom stereocenters. The minimum atomic E-state index is -3.09. The fourth-order valence-electron chi connectivity index (χ4n) is 8.39. The Morgan fingerprint density at radius 3 is 1.42 bits per heavy atom. The quantitative estimate of drug-likeness (QED) is 0.0432. The molecule has 2 saturated heterocycles. The number of ether oxygens (including phenoxy) is 8. The van der Waals surface area contributed by atoms with Gasteiger partial charge in [-0.15, -0.1) is 0 Å². The van der Waals surface area contributed by atoms with E-state index in [0.717, 1.165) is 27.8 Å². The Bertz CT molecular complexity index is 2390. The van der Waals surface area contributed by atoms with Crippen LogP contribution in [0.5, 0.6) is 0 Å². The SMILES string of the molecule is C=C1[C@@H](CO[Si](C)(C)O[C@@H]2[C@@H](OCc3ccccc3)[C@H](OCc3ccccc3)[C@@H](COCc3ccccc3)O[C@H]2[Se]c2ccccc2)O[C@H](OC)[C@H](OCc2ccccc2)[C@H]1OCc1ccccc1. The summed E-state index contributed by atoms with van der Waals surface area (Å²) in [6.07, 6.45) is -4.70. The summed E-state index contributed by atoms with van der Waals surface area (Å²) in [6.45, 7) is 10.9. The fraction of sp³-hybridized carbons (Fsp3) is 0.333. The molecule has 69 heavy (non-hydrogen) atoms. The van der Waals surface area contributed by atoms with Gasteiger partial charge in [0, 0.05) is 0 Å². The van der Waals surface area contributed by atoms with E-state index in [1.165, 1.54) is 4.46 Å². The third kappa shape index (κ3) is 15.0. The van der Waals surface area contributed by atoms with Crippen molar-refractivity contribution in [2.45, 2.75) is 100 Å². The Hall–Kier alpha value is -4.60. The molecule has 2 aliphatic heterocycles. The topological polar surface area (TPSA) is 92.3 Å². The molecule has 9 atom stereocenters. The molecule has 10 nitrogen and oxygen atoms in total. The molecule has 2 heterocycles. The van der Waals surface area contributed by atoms with E-state index in [4.69, 9.17) is 46.7 Å². The van der Waals surface area contributed by atoms with Gasteiger partial charge in [0.05, 0.1) is 0 Å². The monoisotopic (exact) mass is 1020 g/mol. The molecular formula is C57H64O10SeSi. The third-order valence-corrected chi connectivity index (χ3v) is 16.1. The van der Waals surface area contributed by atoms with Crippen LogP contribution in [0.1, 0.15) is 27.8 Å². The van der Waals surface area contributed by atoms with Crippen LogP contribution in [0.4, 0.5) is 0 Å². The van der Waals surface area contributed by atoms with E-state index >= 15 is 0 Å². The van der Waals surface area contributed by atoms with E-state index in [2.05, 4.69) is 80.3 Å². The maximum atomic E-state index is 7.38. The Morgan fingerprint density at radius 2 is 0.928 bits per heavy atom. The van der Waals surface area contributed by atoms with Crippen LogP contribution < -0.4 is 4.46 Å². The fourth-order valence-corrected chi connectivity index (χ4v) is 12.5. The summed E-state index contributed by atoms with van der Waals surface area (Å²) in [7, 11) is -1.47. The summed E-state index contributed by atoms with van der Waals surface area (Å²) in [5.74, 6) is 0. The standard InChI is InChI=1S/C57H64O10SeSi/c1-42-49(65-56(58-2)54(63-39-47-31-19-9-20-32-47)51(42)60-36-44-25-13-6-14-26-44)41-64-69(3,4)67-55-53(62-38-46-29-17-8-18-30-46)52(61-37-45-27-15-7-16-28-45)50(40-59-35-43-23-11-5-12-24-43)66-57(55)68-48-33-21-10-22-34-48/h5-34,49-57H,1,35-41H2,2-4H3/t49-,50-,51+,52-,53+,54-,55-,56+,57+/m1/s1. The summed E-state index contributed by atoms with van der Waals surface area (Å²) in [4.78, 5) is 0. The summed E-state index contributed by atoms with van der Waals surface area (Å²) in [5, 5.41) is -0.394. The second kappa shape index (κ2) is 26.0. The molecule has 0 saturated carbocycles. The predicted octanol–water partition coefficient (Wildman–Crippen LogP) is 9.33. The molecule has 0 N–H and O–H groups in total. The van der Waals surface area contributed by atoms with Crippen molar-refractivity contribution in [1.82, 2.24) is 0 Å². The number of hydrogen-bond acceptors (Lipinski definition) is 10. The van der Waals surface area contributed by atoms with Crippen molar-refractivity contribution in [3.63, 3.8) is 0 Å². The minimum Gasteiger partial charge on any atom is -0.0622 e. The first-order valence-electron chi connectivity index (χ1n) is 23.6. The predicted molar refractivity (Wildman–Crippen MR) is 270 cm³/mol. The van der Waals surface area contributed by atoms with Crippen LogP contribution in [0.25, 0.3) is 0 Å². The van der Waals surface area contributed by atoms with Gasteiger partial charge in [0.15, 0.2) is 0 Å². The molecule has 0 spiro atoms. The number of benzene rings is 6. The second-order valence-electron chi connectivity index (χ2n) is 17.6. The number of hydrogen-bond donors (Lipinski definition) is 0. The first-order valence-corrected chi connectivity index (χ1v) is 28.3. The summed E-state index contributed by atoms with van der Waals surface area (Å²) in [5.41, 5.74) is 5.91. The van der Waals surface area contributed by atoms with Crippen LogP contribution in [-0.4, -0.2) is 97.9 Å². The zero-order valence-corrected chi connectivity index (χ0v) is 42.4. The van der Waals surface area contributed by atoms with Crippen molar-refractivity contribution in [1.29, 1.82) is 0 Å². The van der Waals surface area contributed by atoms with E-state index in [0.29, 0.717) is 38.6 Å². The number of rotatable bonds is 24. The molecule has 8 rings (SSSR count). The normalized spacial score (nSPS) is 24.0. The van der Waals surface area contributed by atoms with Crippen molar-refractivity contribution in [3.05, 3.63) is 222 Å². The zero-order valence-electron chi connectivity index (χ0n) is 39.7. The van der Waals surface area contributed by atoms with Gasteiger partial charge in [-0.05, 0) is 5.56 Å². The summed E-state index contributed by atoms with van der Waals surface area (Å²) < 4.78 is 69.0. The van der Waals surface area contributed by atoms with E-state index in [1.54, 1.807) is 7.11 Å². The van der Waals surface area contributed by atoms with Crippen molar-refractivity contribution in [2.75, 3.05) is 20.3 Å². The Labute approximate surface area is 415 Å². The molecule has 6 aromatic carbocycles.